The first-order valence-corrected chi connectivity index (χ1v) is 3.49. The topological polar surface area (TPSA) is 49.8 Å². The van der Waals surface area contributed by atoms with Crippen molar-refractivity contribution in [2.75, 3.05) is 0 Å². The van der Waals surface area contributed by atoms with E-state index in [-0.39, 0.29) is 18.4 Å². The Morgan fingerprint density at radius 2 is 2.17 bits per heavy atom. The molecule has 1 aromatic rings. The maximum absolute atomic E-state index is 8.55. The van der Waals surface area contributed by atoms with Crippen molar-refractivity contribution in [3.05, 3.63) is 35.4 Å². The standard InChI is InChI=1S/C9H10N2.ClH/c1-7(11)9-4-2-3-8(5-9)6-10;/h2-5,7H,11H2,1H3;1H/t7-;/m1./s1. The highest BCUT2D eigenvalue weighted by molar-refractivity contribution is 5.85. The van der Waals surface area contributed by atoms with Crippen LogP contribution in [0.3, 0.4) is 0 Å². The number of halogens is 1. The summed E-state index contributed by atoms with van der Waals surface area (Å²) in [6.45, 7) is 1.90. The maximum atomic E-state index is 8.55. The van der Waals surface area contributed by atoms with Crippen LogP contribution in [0.1, 0.15) is 24.1 Å². The molecule has 1 atom stereocenters. The fourth-order valence-electron chi connectivity index (χ4n) is 0.891. The molecule has 0 fully saturated rings. The summed E-state index contributed by atoms with van der Waals surface area (Å²) in [6, 6.07) is 9.42. The molecule has 0 aromatic heterocycles. The van der Waals surface area contributed by atoms with Gasteiger partial charge in [0.15, 0.2) is 0 Å². The Kier molecular flexibility index (Phi) is 4.35. The van der Waals surface area contributed by atoms with Gasteiger partial charge in [-0.2, -0.15) is 5.26 Å². The molecule has 64 valence electrons. The Bertz CT molecular complexity index is 289. The lowest BCUT2D eigenvalue weighted by Crippen LogP contribution is -2.04. The van der Waals surface area contributed by atoms with E-state index >= 15 is 0 Å². The van der Waals surface area contributed by atoms with Crippen molar-refractivity contribution in [1.29, 1.82) is 5.26 Å². The summed E-state index contributed by atoms with van der Waals surface area (Å²) in [5, 5.41) is 8.55. The molecule has 0 saturated carbocycles. The number of nitriles is 1. The average molecular weight is 183 g/mol. The fourth-order valence-corrected chi connectivity index (χ4v) is 0.891. The van der Waals surface area contributed by atoms with E-state index in [4.69, 9.17) is 11.0 Å². The quantitative estimate of drug-likeness (QED) is 0.722. The van der Waals surface area contributed by atoms with Gasteiger partial charge in [-0.25, -0.2) is 0 Å². The summed E-state index contributed by atoms with van der Waals surface area (Å²) in [7, 11) is 0. The number of nitrogens with zero attached hydrogens (tertiary/aromatic N) is 1. The smallest absolute Gasteiger partial charge is 0.0991 e. The van der Waals surface area contributed by atoms with Crippen LogP contribution in [0.25, 0.3) is 0 Å². The summed E-state index contributed by atoms with van der Waals surface area (Å²) < 4.78 is 0. The van der Waals surface area contributed by atoms with Crippen molar-refractivity contribution in [2.45, 2.75) is 13.0 Å². The third-order valence-corrected chi connectivity index (χ3v) is 1.54. The van der Waals surface area contributed by atoms with Gasteiger partial charge in [-0.1, -0.05) is 12.1 Å². The van der Waals surface area contributed by atoms with Gasteiger partial charge in [0.25, 0.3) is 0 Å². The Balaban J connectivity index is 0.00000121. The van der Waals surface area contributed by atoms with Crippen LogP contribution in [0.5, 0.6) is 0 Å². The first-order chi connectivity index (χ1) is 5.24. The molecule has 0 aliphatic carbocycles. The van der Waals surface area contributed by atoms with E-state index in [0.29, 0.717) is 5.56 Å². The molecular formula is C9H11ClN2. The molecule has 1 rings (SSSR count). The van der Waals surface area contributed by atoms with Gasteiger partial charge in [0, 0.05) is 6.04 Å². The highest BCUT2D eigenvalue weighted by atomic mass is 35.5. The minimum Gasteiger partial charge on any atom is -0.324 e. The molecule has 0 aliphatic rings. The molecule has 1 aromatic carbocycles. The van der Waals surface area contributed by atoms with E-state index in [2.05, 4.69) is 6.07 Å². The van der Waals surface area contributed by atoms with Crippen LogP contribution in [0.15, 0.2) is 24.3 Å². The lowest BCUT2D eigenvalue weighted by Gasteiger charge is -2.03. The monoisotopic (exact) mass is 182 g/mol. The molecule has 0 aliphatic heterocycles. The van der Waals surface area contributed by atoms with Crippen molar-refractivity contribution >= 4 is 12.4 Å². The lowest BCUT2D eigenvalue weighted by atomic mass is 10.1. The molecule has 0 unspecified atom stereocenters. The van der Waals surface area contributed by atoms with Crippen LogP contribution in [0.2, 0.25) is 0 Å². The van der Waals surface area contributed by atoms with Crippen LogP contribution in [0, 0.1) is 11.3 Å². The molecule has 0 saturated heterocycles. The van der Waals surface area contributed by atoms with Crippen LogP contribution in [0.4, 0.5) is 0 Å². The van der Waals surface area contributed by atoms with Crippen LogP contribution < -0.4 is 5.73 Å². The maximum Gasteiger partial charge on any atom is 0.0991 e. The molecule has 0 heterocycles. The molecule has 0 bridgehead atoms. The molecule has 0 radical (unpaired) electrons. The Labute approximate surface area is 78.4 Å². The van der Waals surface area contributed by atoms with Gasteiger partial charge in [0.2, 0.25) is 0 Å². The Morgan fingerprint density at radius 3 is 2.67 bits per heavy atom. The van der Waals surface area contributed by atoms with Crippen molar-refractivity contribution in [2.24, 2.45) is 5.73 Å². The fraction of sp³-hybridized carbons (Fsp3) is 0.222. The van der Waals surface area contributed by atoms with Gasteiger partial charge >= 0.3 is 0 Å². The summed E-state index contributed by atoms with van der Waals surface area (Å²) in [5.41, 5.74) is 7.30. The third-order valence-electron chi connectivity index (χ3n) is 1.54. The van der Waals surface area contributed by atoms with Crippen LogP contribution >= 0.6 is 12.4 Å². The van der Waals surface area contributed by atoms with E-state index in [1.54, 1.807) is 6.07 Å². The van der Waals surface area contributed by atoms with Crippen LogP contribution in [-0.4, -0.2) is 0 Å². The second-order valence-corrected chi connectivity index (χ2v) is 2.53. The highest BCUT2D eigenvalue weighted by Crippen LogP contribution is 2.10. The molecule has 0 spiro atoms. The number of benzene rings is 1. The molecule has 2 N–H and O–H groups in total. The number of rotatable bonds is 1. The zero-order valence-corrected chi connectivity index (χ0v) is 7.64. The van der Waals surface area contributed by atoms with Gasteiger partial charge < -0.3 is 5.73 Å². The van der Waals surface area contributed by atoms with Gasteiger partial charge in [-0.15, -0.1) is 12.4 Å². The molecular weight excluding hydrogens is 172 g/mol. The second-order valence-electron chi connectivity index (χ2n) is 2.53. The van der Waals surface area contributed by atoms with Gasteiger partial charge in [-0.05, 0) is 24.6 Å². The van der Waals surface area contributed by atoms with E-state index in [1.165, 1.54) is 0 Å². The molecule has 12 heavy (non-hydrogen) atoms. The van der Waals surface area contributed by atoms with E-state index in [1.807, 2.05) is 25.1 Å². The third kappa shape index (κ3) is 2.54. The summed E-state index contributed by atoms with van der Waals surface area (Å²) in [6.07, 6.45) is 0. The van der Waals surface area contributed by atoms with Crippen LogP contribution in [-0.2, 0) is 0 Å². The summed E-state index contributed by atoms with van der Waals surface area (Å²) in [5.74, 6) is 0. The number of nitrogens with two attached hydrogens (primary N) is 1. The first kappa shape index (κ1) is 11.0. The predicted molar refractivity (Wildman–Crippen MR) is 51.0 cm³/mol. The lowest BCUT2D eigenvalue weighted by molar-refractivity contribution is 0.818. The predicted octanol–water partition coefficient (Wildman–Crippen LogP) is 2.00. The summed E-state index contributed by atoms with van der Waals surface area (Å²) in [4.78, 5) is 0. The minimum atomic E-state index is 0. The zero-order chi connectivity index (χ0) is 8.27. The van der Waals surface area contributed by atoms with E-state index in [0.717, 1.165) is 5.56 Å². The number of hydrogen-bond acceptors (Lipinski definition) is 2. The van der Waals surface area contributed by atoms with Crippen molar-refractivity contribution in [1.82, 2.24) is 0 Å². The molecule has 0 amide bonds. The van der Waals surface area contributed by atoms with Gasteiger partial charge in [-0.3, -0.25) is 0 Å². The SMILES string of the molecule is C[C@@H](N)c1cccc(C#N)c1.Cl. The molecule has 2 nitrogen and oxygen atoms in total. The Hall–Kier alpha value is -1.04. The van der Waals surface area contributed by atoms with Crippen molar-refractivity contribution < 1.29 is 0 Å². The van der Waals surface area contributed by atoms with Gasteiger partial charge in [0.1, 0.15) is 0 Å². The summed E-state index contributed by atoms with van der Waals surface area (Å²) >= 11 is 0. The number of hydrogen-bond donors (Lipinski definition) is 1. The second kappa shape index (κ2) is 4.76. The first-order valence-electron chi connectivity index (χ1n) is 3.49. The highest BCUT2D eigenvalue weighted by Gasteiger charge is 1.98. The van der Waals surface area contributed by atoms with Crippen molar-refractivity contribution in [3.8, 4) is 6.07 Å². The largest absolute Gasteiger partial charge is 0.324 e. The van der Waals surface area contributed by atoms with Crippen molar-refractivity contribution in [3.63, 3.8) is 0 Å². The average Bonchev–Trinajstić information content (AvgIpc) is 2.05. The Morgan fingerprint density at radius 1 is 1.50 bits per heavy atom. The minimum absolute atomic E-state index is 0. The molecule has 3 heteroatoms. The normalized spacial score (nSPS) is 11.1. The van der Waals surface area contributed by atoms with E-state index < -0.39 is 0 Å². The van der Waals surface area contributed by atoms with Gasteiger partial charge in [0.05, 0.1) is 11.6 Å². The van der Waals surface area contributed by atoms with E-state index in [9.17, 15) is 0 Å². The zero-order valence-electron chi connectivity index (χ0n) is 6.82.